The Hall–Kier alpha value is -2.49. The van der Waals surface area contributed by atoms with Gasteiger partial charge in [-0.15, -0.1) is 0 Å². The zero-order chi connectivity index (χ0) is 23.5. The van der Waals surface area contributed by atoms with Crippen LogP contribution in [-0.4, -0.2) is 37.8 Å². The molecule has 0 aromatic heterocycles. The number of halogens is 2. The van der Waals surface area contributed by atoms with Gasteiger partial charge in [-0.2, -0.15) is 0 Å². The zero-order valence-electron chi connectivity index (χ0n) is 17.1. The highest BCUT2D eigenvalue weighted by Gasteiger charge is 2.31. The van der Waals surface area contributed by atoms with Crippen LogP contribution in [0.1, 0.15) is 26.2 Å². The van der Waals surface area contributed by atoms with E-state index in [9.17, 15) is 23.1 Å². The van der Waals surface area contributed by atoms with E-state index in [1.54, 1.807) is 6.92 Å². The number of phenols is 1. The summed E-state index contributed by atoms with van der Waals surface area (Å²) >= 11 is 12.5. The number of rotatable bonds is 9. The lowest BCUT2D eigenvalue weighted by Crippen LogP contribution is -2.18. The molecule has 3 rings (SSSR count). The number of phenolic OH excluding ortho intramolecular Hbond substituents is 1. The lowest BCUT2D eigenvalue weighted by molar-refractivity contribution is -0.145. The van der Waals surface area contributed by atoms with Gasteiger partial charge >= 0.3 is 5.97 Å². The van der Waals surface area contributed by atoms with Crippen LogP contribution in [-0.2, 0) is 24.2 Å². The summed E-state index contributed by atoms with van der Waals surface area (Å²) in [6.07, 6.45) is 1.24. The Morgan fingerprint density at radius 1 is 1.16 bits per heavy atom. The standard InChI is InChI=1S/C21H21Cl2NO7S/c1-2-30-20(27)10-19(26)24-13-7-15(22)21(16(23)8-13)31-14-5-6-17(25)18(9-14)32(28,29)11-12-3-4-12/h5-9,12,25H,2-4,10-11H2,1H3,(H,24,26). The molecule has 0 saturated heterocycles. The fraction of sp³-hybridized carbons (Fsp3) is 0.333. The molecule has 2 aromatic rings. The summed E-state index contributed by atoms with van der Waals surface area (Å²) in [4.78, 5) is 23.1. The minimum Gasteiger partial charge on any atom is -0.507 e. The van der Waals surface area contributed by atoms with Crippen molar-refractivity contribution in [2.45, 2.75) is 31.1 Å². The quantitative estimate of drug-likeness (QED) is 0.381. The Kier molecular flexibility index (Phi) is 7.53. The number of esters is 1. The van der Waals surface area contributed by atoms with Gasteiger partial charge < -0.3 is 19.9 Å². The van der Waals surface area contributed by atoms with E-state index in [1.165, 1.54) is 30.3 Å². The molecule has 1 aliphatic rings. The fourth-order valence-corrected chi connectivity index (χ4v) is 5.27. The van der Waals surface area contributed by atoms with E-state index in [1.807, 2.05) is 0 Å². The highest BCUT2D eigenvalue weighted by molar-refractivity contribution is 7.91. The number of anilines is 1. The molecule has 0 radical (unpaired) electrons. The molecular weight excluding hydrogens is 481 g/mol. The van der Waals surface area contributed by atoms with Crippen LogP contribution in [0, 0.1) is 5.92 Å². The highest BCUT2D eigenvalue weighted by atomic mass is 35.5. The van der Waals surface area contributed by atoms with Crippen molar-refractivity contribution in [3.63, 3.8) is 0 Å². The summed E-state index contributed by atoms with van der Waals surface area (Å²) in [5.41, 5.74) is 0.236. The molecule has 172 valence electrons. The first-order chi connectivity index (χ1) is 15.1. The van der Waals surface area contributed by atoms with Crippen LogP contribution in [0.3, 0.4) is 0 Å². The minimum atomic E-state index is -3.68. The van der Waals surface area contributed by atoms with Crippen LogP contribution in [0.4, 0.5) is 5.69 Å². The molecule has 1 aliphatic carbocycles. The Labute approximate surface area is 195 Å². The molecule has 1 amide bonds. The van der Waals surface area contributed by atoms with Crippen LogP contribution in [0.25, 0.3) is 0 Å². The molecule has 0 heterocycles. The maximum absolute atomic E-state index is 12.6. The van der Waals surface area contributed by atoms with Crippen molar-refractivity contribution in [3.05, 3.63) is 40.4 Å². The van der Waals surface area contributed by atoms with Crippen molar-refractivity contribution in [1.82, 2.24) is 0 Å². The smallest absolute Gasteiger partial charge is 0.315 e. The Balaban J connectivity index is 1.77. The summed E-state index contributed by atoms with van der Waals surface area (Å²) < 4.78 is 35.5. The fourth-order valence-electron chi connectivity index (χ4n) is 2.89. The summed E-state index contributed by atoms with van der Waals surface area (Å²) in [5.74, 6) is -1.41. The van der Waals surface area contributed by atoms with Gasteiger partial charge in [-0.1, -0.05) is 23.2 Å². The first-order valence-corrected chi connectivity index (χ1v) is 12.2. The molecule has 8 nitrogen and oxygen atoms in total. The number of aromatic hydroxyl groups is 1. The van der Waals surface area contributed by atoms with Gasteiger partial charge in [0.1, 0.15) is 22.8 Å². The molecule has 2 N–H and O–H groups in total. The largest absolute Gasteiger partial charge is 0.507 e. The van der Waals surface area contributed by atoms with Crippen LogP contribution >= 0.6 is 23.2 Å². The number of amides is 1. The topological polar surface area (TPSA) is 119 Å². The predicted molar refractivity (Wildman–Crippen MR) is 119 cm³/mol. The molecule has 11 heteroatoms. The highest BCUT2D eigenvalue weighted by Crippen LogP contribution is 2.41. The second kappa shape index (κ2) is 9.97. The molecule has 1 fully saturated rings. The lowest BCUT2D eigenvalue weighted by atomic mass is 10.2. The predicted octanol–water partition coefficient (Wildman–Crippen LogP) is 4.57. The third kappa shape index (κ3) is 6.27. The summed E-state index contributed by atoms with van der Waals surface area (Å²) in [6, 6.07) is 6.57. The van der Waals surface area contributed by atoms with Crippen molar-refractivity contribution in [3.8, 4) is 17.2 Å². The summed E-state index contributed by atoms with van der Waals surface area (Å²) in [7, 11) is -3.68. The number of sulfone groups is 1. The van der Waals surface area contributed by atoms with Crippen molar-refractivity contribution in [1.29, 1.82) is 0 Å². The summed E-state index contributed by atoms with van der Waals surface area (Å²) in [5, 5.41) is 12.6. The number of carbonyl (C=O) groups excluding carboxylic acids is 2. The van der Waals surface area contributed by atoms with E-state index >= 15 is 0 Å². The van der Waals surface area contributed by atoms with Crippen LogP contribution in [0.2, 0.25) is 10.0 Å². The van der Waals surface area contributed by atoms with E-state index in [0.29, 0.717) is 0 Å². The molecule has 0 atom stereocenters. The van der Waals surface area contributed by atoms with E-state index in [-0.39, 0.29) is 56.2 Å². The number of nitrogens with one attached hydrogen (secondary N) is 1. The van der Waals surface area contributed by atoms with Gasteiger partial charge in [-0.25, -0.2) is 8.42 Å². The zero-order valence-corrected chi connectivity index (χ0v) is 19.4. The normalized spacial score (nSPS) is 13.5. The van der Waals surface area contributed by atoms with Crippen molar-refractivity contribution in [2.75, 3.05) is 17.7 Å². The molecule has 0 unspecified atom stereocenters. The molecule has 0 aliphatic heterocycles. The van der Waals surface area contributed by atoms with Gasteiger partial charge in [0, 0.05) is 11.8 Å². The van der Waals surface area contributed by atoms with Crippen LogP contribution in [0.5, 0.6) is 17.2 Å². The number of hydrogen-bond donors (Lipinski definition) is 2. The first kappa shape index (κ1) is 24.2. The van der Waals surface area contributed by atoms with Gasteiger partial charge in [0.2, 0.25) is 5.91 Å². The monoisotopic (exact) mass is 501 g/mol. The minimum absolute atomic E-state index is 0.0351. The molecule has 0 bridgehead atoms. The maximum atomic E-state index is 12.6. The number of benzene rings is 2. The lowest BCUT2D eigenvalue weighted by Gasteiger charge is -2.14. The Morgan fingerprint density at radius 3 is 2.41 bits per heavy atom. The third-order valence-corrected chi connectivity index (χ3v) is 7.00. The second-order valence-electron chi connectivity index (χ2n) is 7.26. The average Bonchev–Trinajstić information content (AvgIpc) is 3.49. The molecule has 0 spiro atoms. The van der Waals surface area contributed by atoms with Crippen molar-refractivity contribution in [2.24, 2.45) is 5.92 Å². The molecule has 32 heavy (non-hydrogen) atoms. The van der Waals surface area contributed by atoms with Gasteiger partial charge in [0.05, 0.1) is 22.4 Å². The third-order valence-electron chi connectivity index (χ3n) is 4.53. The molecule has 2 aromatic carbocycles. The maximum Gasteiger partial charge on any atom is 0.315 e. The van der Waals surface area contributed by atoms with E-state index < -0.39 is 28.1 Å². The van der Waals surface area contributed by atoms with Crippen molar-refractivity contribution >= 4 is 50.6 Å². The molecule has 1 saturated carbocycles. The van der Waals surface area contributed by atoms with Gasteiger partial charge in [0.15, 0.2) is 15.6 Å². The number of ether oxygens (including phenoxy) is 2. The average molecular weight is 502 g/mol. The van der Waals surface area contributed by atoms with E-state index in [4.69, 9.17) is 32.7 Å². The van der Waals surface area contributed by atoms with E-state index in [0.717, 1.165) is 12.8 Å². The molecular formula is C21H21Cl2NO7S. The second-order valence-corrected chi connectivity index (χ2v) is 10.1. The Morgan fingerprint density at radius 2 is 1.81 bits per heavy atom. The SMILES string of the molecule is CCOC(=O)CC(=O)Nc1cc(Cl)c(Oc2ccc(O)c(S(=O)(=O)CC3CC3)c2)c(Cl)c1. The van der Waals surface area contributed by atoms with Gasteiger partial charge in [0.25, 0.3) is 0 Å². The van der Waals surface area contributed by atoms with Gasteiger partial charge in [-0.05, 0) is 49.9 Å². The Bertz CT molecular complexity index is 1120. The number of hydrogen-bond acceptors (Lipinski definition) is 7. The first-order valence-electron chi connectivity index (χ1n) is 9.77. The summed E-state index contributed by atoms with van der Waals surface area (Å²) in [6.45, 7) is 1.80. The van der Waals surface area contributed by atoms with Crippen LogP contribution in [0.15, 0.2) is 35.2 Å². The van der Waals surface area contributed by atoms with Crippen LogP contribution < -0.4 is 10.1 Å². The van der Waals surface area contributed by atoms with Gasteiger partial charge in [-0.3, -0.25) is 9.59 Å². The number of carbonyl (C=O) groups is 2. The van der Waals surface area contributed by atoms with E-state index in [2.05, 4.69) is 5.32 Å². The van der Waals surface area contributed by atoms with Crippen molar-refractivity contribution < 1.29 is 32.6 Å².